The van der Waals surface area contributed by atoms with E-state index >= 15 is 0 Å². The van der Waals surface area contributed by atoms with Crippen LogP contribution in [0, 0.1) is 5.92 Å². The molecule has 0 aromatic heterocycles. The van der Waals surface area contributed by atoms with Gasteiger partial charge in [-0.1, -0.05) is 24.3 Å². The second kappa shape index (κ2) is 5.98. The molecule has 18 heavy (non-hydrogen) atoms. The molecule has 2 atom stereocenters. The largest absolute Gasteiger partial charge is 0.481 e. The summed E-state index contributed by atoms with van der Waals surface area (Å²) >= 11 is 0. The molecule has 2 rings (SSSR count). The third kappa shape index (κ3) is 3.09. The predicted molar refractivity (Wildman–Crippen MR) is 68.6 cm³/mol. The first-order valence-electron chi connectivity index (χ1n) is 6.34. The van der Waals surface area contributed by atoms with Gasteiger partial charge < -0.3 is 15.5 Å². The SMILES string of the molecule is O=C(O)C1CNCC(c2ccc(CCO)cc2)C1. The number of rotatable bonds is 4. The molecule has 1 saturated heterocycles. The maximum absolute atomic E-state index is 11.0. The fraction of sp³-hybridized carbons (Fsp3) is 0.500. The zero-order valence-electron chi connectivity index (χ0n) is 10.3. The van der Waals surface area contributed by atoms with Crippen molar-refractivity contribution >= 4 is 5.97 Å². The Kier molecular flexibility index (Phi) is 4.33. The van der Waals surface area contributed by atoms with E-state index in [0.29, 0.717) is 19.4 Å². The van der Waals surface area contributed by atoms with Crippen molar-refractivity contribution in [2.45, 2.75) is 18.8 Å². The maximum Gasteiger partial charge on any atom is 0.307 e. The Morgan fingerprint density at radius 1 is 1.28 bits per heavy atom. The first-order chi connectivity index (χ1) is 8.70. The molecule has 0 saturated carbocycles. The second-order valence-corrected chi connectivity index (χ2v) is 4.84. The van der Waals surface area contributed by atoms with E-state index in [1.165, 1.54) is 5.56 Å². The molecule has 2 unspecified atom stereocenters. The van der Waals surface area contributed by atoms with E-state index in [2.05, 4.69) is 5.32 Å². The number of carbonyl (C=O) groups is 1. The van der Waals surface area contributed by atoms with E-state index in [1.54, 1.807) is 0 Å². The van der Waals surface area contributed by atoms with E-state index in [4.69, 9.17) is 10.2 Å². The normalized spacial score (nSPS) is 23.8. The molecule has 4 heteroatoms. The summed E-state index contributed by atoms with van der Waals surface area (Å²) in [5.74, 6) is -0.743. The lowest BCUT2D eigenvalue weighted by Crippen LogP contribution is -2.38. The molecule has 1 aliphatic heterocycles. The fourth-order valence-electron chi connectivity index (χ4n) is 2.47. The van der Waals surface area contributed by atoms with Gasteiger partial charge in [0, 0.05) is 19.7 Å². The molecule has 0 aliphatic carbocycles. The van der Waals surface area contributed by atoms with Gasteiger partial charge in [-0.05, 0) is 29.9 Å². The van der Waals surface area contributed by atoms with E-state index in [-0.39, 0.29) is 18.4 Å². The maximum atomic E-state index is 11.0. The van der Waals surface area contributed by atoms with Crippen molar-refractivity contribution in [2.75, 3.05) is 19.7 Å². The van der Waals surface area contributed by atoms with Crippen LogP contribution in [-0.4, -0.2) is 35.9 Å². The summed E-state index contributed by atoms with van der Waals surface area (Å²) in [6.07, 6.45) is 1.36. The summed E-state index contributed by atoms with van der Waals surface area (Å²) in [7, 11) is 0. The van der Waals surface area contributed by atoms with Gasteiger partial charge in [-0.25, -0.2) is 0 Å². The smallest absolute Gasteiger partial charge is 0.307 e. The number of aliphatic carboxylic acids is 1. The molecule has 1 heterocycles. The van der Waals surface area contributed by atoms with Crippen molar-refractivity contribution in [3.05, 3.63) is 35.4 Å². The Labute approximate surface area is 107 Å². The van der Waals surface area contributed by atoms with Crippen molar-refractivity contribution in [3.63, 3.8) is 0 Å². The number of carboxylic acid groups (broad SMARTS) is 1. The summed E-state index contributed by atoms with van der Waals surface area (Å²) in [5, 5.41) is 21.1. The summed E-state index contributed by atoms with van der Waals surface area (Å²) < 4.78 is 0. The molecule has 0 radical (unpaired) electrons. The van der Waals surface area contributed by atoms with Crippen LogP contribution in [-0.2, 0) is 11.2 Å². The first-order valence-corrected chi connectivity index (χ1v) is 6.34. The van der Waals surface area contributed by atoms with E-state index in [1.807, 2.05) is 24.3 Å². The van der Waals surface area contributed by atoms with Crippen LogP contribution in [0.25, 0.3) is 0 Å². The van der Waals surface area contributed by atoms with Crippen molar-refractivity contribution < 1.29 is 15.0 Å². The lowest BCUT2D eigenvalue weighted by molar-refractivity contribution is -0.142. The number of aliphatic hydroxyl groups excluding tert-OH is 1. The first kappa shape index (κ1) is 13.1. The Balaban J connectivity index is 2.04. The number of carboxylic acids is 1. The minimum atomic E-state index is -0.718. The minimum absolute atomic E-state index is 0.158. The number of aliphatic hydroxyl groups is 1. The number of nitrogens with one attached hydrogen (secondary N) is 1. The van der Waals surface area contributed by atoms with Gasteiger partial charge in [0.1, 0.15) is 0 Å². The second-order valence-electron chi connectivity index (χ2n) is 4.84. The summed E-state index contributed by atoms with van der Waals surface area (Å²) in [5.41, 5.74) is 2.29. The third-order valence-electron chi connectivity index (χ3n) is 3.55. The van der Waals surface area contributed by atoms with Crippen LogP contribution in [0.3, 0.4) is 0 Å². The average Bonchev–Trinajstić information content (AvgIpc) is 2.40. The molecule has 1 aromatic carbocycles. The van der Waals surface area contributed by atoms with Crippen LogP contribution < -0.4 is 5.32 Å². The van der Waals surface area contributed by atoms with E-state index in [0.717, 1.165) is 12.1 Å². The molecular formula is C14H19NO3. The number of piperidine rings is 1. The van der Waals surface area contributed by atoms with Crippen LogP contribution in [0.15, 0.2) is 24.3 Å². The van der Waals surface area contributed by atoms with Gasteiger partial charge in [-0.2, -0.15) is 0 Å². The number of hydrogen-bond donors (Lipinski definition) is 3. The van der Waals surface area contributed by atoms with Gasteiger partial charge in [0.2, 0.25) is 0 Å². The molecule has 1 aromatic rings. The molecule has 3 N–H and O–H groups in total. The van der Waals surface area contributed by atoms with Gasteiger partial charge in [0.25, 0.3) is 0 Å². The molecular weight excluding hydrogens is 230 g/mol. The Morgan fingerprint density at radius 2 is 2.00 bits per heavy atom. The molecule has 98 valence electrons. The van der Waals surface area contributed by atoms with Crippen LogP contribution in [0.1, 0.15) is 23.5 Å². The highest BCUT2D eigenvalue weighted by atomic mass is 16.4. The lowest BCUT2D eigenvalue weighted by Gasteiger charge is -2.28. The van der Waals surface area contributed by atoms with Crippen LogP contribution in [0.4, 0.5) is 0 Å². The molecule has 1 aliphatic rings. The summed E-state index contributed by atoms with van der Waals surface area (Å²) in [4.78, 5) is 11.0. The number of hydrogen-bond acceptors (Lipinski definition) is 3. The van der Waals surface area contributed by atoms with Gasteiger partial charge in [0.15, 0.2) is 0 Å². The highest BCUT2D eigenvalue weighted by Crippen LogP contribution is 2.26. The molecule has 0 bridgehead atoms. The van der Waals surface area contributed by atoms with E-state index < -0.39 is 5.97 Å². The molecule has 0 amide bonds. The Bertz CT molecular complexity index is 402. The van der Waals surface area contributed by atoms with Crippen LogP contribution >= 0.6 is 0 Å². The summed E-state index contributed by atoms with van der Waals surface area (Å²) in [6.45, 7) is 1.56. The Hall–Kier alpha value is -1.39. The van der Waals surface area contributed by atoms with Gasteiger partial charge >= 0.3 is 5.97 Å². The standard InChI is InChI=1S/C14H19NO3/c16-6-5-10-1-3-11(4-2-10)12-7-13(14(17)18)9-15-8-12/h1-4,12-13,15-16H,5-9H2,(H,17,18). The summed E-state index contributed by atoms with van der Waals surface area (Å²) in [6, 6.07) is 8.11. The van der Waals surface area contributed by atoms with Gasteiger partial charge in [-0.3, -0.25) is 4.79 Å². The average molecular weight is 249 g/mol. The minimum Gasteiger partial charge on any atom is -0.481 e. The fourth-order valence-corrected chi connectivity index (χ4v) is 2.47. The highest BCUT2D eigenvalue weighted by molar-refractivity contribution is 5.70. The molecule has 1 fully saturated rings. The highest BCUT2D eigenvalue weighted by Gasteiger charge is 2.27. The lowest BCUT2D eigenvalue weighted by atomic mass is 9.85. The quantitative estimate of drug-likeness (QED) is 0.744. The monoisotopic (exact) mass is 249 g/mol. The van der Waals surface area contributed by atoms with E-state index in [9.17, 15) is 4.79 Å². The van der Waals surface area contributed by atoms with Gasteiger partial charge in [-0.15, -0.1) is 0 Å². The zero-order valence-corrected chi connectivity index (χ0v) is 10.3. The predicted octanol–water partition coefficient (Wildman–Crippen LogP) is 0.999. The Morgan fingerprint density at radius 3 is 2.61 bits per heavy atom. The molecule has 0 spiro atoms. The van der Waals surface area contributed by atoms with Crippen LogP contribution in [0.5, 0.6) is 0 Å². The van der Waals surface area contributed by atoms with Crippen LogP contribution in [0.2, 0.25) is 0 Å². The van der Waals surface area contributed by atoms with Gasteiger partial charge in [0.05, 0.1) is 5.92 Å². The zero-order chi connectivity index (χ0) is 13.0. The van der Waals surface area contributed by atoms with Crippen molar-refractivity contribution in [2.24, 2.45) is 5.92 Å². The van der Waals surface area contributed by atoms with Crippen molar-refractivity contribution in [1.82, 2.24) is 5.32 Å². The third-order valence-corrected chi connectivity index (χ3v) is 3.55. The number of benzene rings is 1. The van der Waals surface area contributed by atoms with Crippen molar-refractivity contribution in [3.8, 4) is 0 Å². The topological polar surface area (TPSA) is 69.6 Å². The van der Waals surface area contributed by atoms with Crippen molar-refractivity contribution in [1.29, 1.82) is 0 Å². The molecule has 4 nitrogen and oxygen atoms in total.